The first kappa shape index (κ1) is 21.3. The van der Waals surface area contributed by atoms with Crippen molar-refractivity contribution in [3.8, 4) is 11.3 Å². The van der Waals surface area contributed by atoms with Crippen molar-refractivity contribution in [3.63, 3.8) is 0 Å². The summed E-state index contributed by atoms with van der Waals surface area (Å²) in [5.41, 5.74) is -0.00557. The van der Waals surface area contributed by atoms with E-state index in [1.54, 1.807) is 37.4 Å². The lowest BCUT2D eigenvalue weighted by atomic mass is 10.0. The van der Waals surface area contributed by atoms with Crippen molar-refractivity contribution in [1.82, 2.24) is 4.57 Å². The molecule has 0 spiro atoms. The molecule has 4 nitrogen and oxygen atoms in total. The molecule has 0 unspecified atom stereocenters. The lowest BCUT2D eigenvalue weighted by Crippen LogP contribution is -2.25. The molecule has 0 aliphatic rings. The third kappa shape index (κ3) is 4.44. The zero-order chi connectivity index (χ0) is 21.9. The summed E-state index contributed by atoms with van der Waals surface area (Å²) in [6.07, 6.45) is -4.81. The topological polar surface area (TPSA) is 35.6 Å². The van der Waals surface area contributed by atoms with E-state index >= 15 is 0 Å². The number of hydrogen-bond donors (Lipinski definition) is 0. The van der Waals surface area contributed by atoms with Crippen LogP contribution in [0.1, 0.15) is 22.3 Å². The average molecular weight is 412 g/mol. The maximum Gasteiger partial charge on any atom is 0.407 e. The molecule has 1 heterocycles. The van der Waals surface area contributed by atoms with Gasteiger partial charge in [0.25, 0.3) is 11.2 Å². The Morgan fingerprint density at radius 2 is 1.73 bits per heavy atom. The molecular weight excluding hydrogens is 393 g/mol. The molecule has 0 atom stereocenters. The monoisotopic (exact) mass is 412 g/mol. The van der Waals surface area contributed by atoms with Crippen molar-refractivity contribution in [3.05, 3.63) is 98.6 Å². The van der Waals surface area contributed by atoms with Crippen LogP contribution in [0, 0.1) is 13.5 Å². The van der Waals surface area contributed by atoms with Crippen molar-refractivity contribution in [1.29, 1.82) is 0 Å². The zero-order valence-electron chi connectivity index (χ0n) is 16.5. The van der Waals surface area contributed by atoms with Crippen LogP contribution in [0.3, 0.4) is 0 Å². The summed E-state index contributed by atoms with van der Waals surface area (Å²) in [5.74, 6) is 0. The number of methoxy groups -OCH3 is 1. The Labute approximate surface area is 172 Å². The number of ether oxygens (including phenoxy) is 1. The standard InChI is InChI=1S/C23H19F3N2O2/c1-15-5-4-6-18(11-15)20-12-19(23(24,25)26)21(27-2)22(29)28(20)13-16-7-9-17(10-8-16)14-30-3/h4-12H,13-14H2,1,3H3. The van der Waals surface area contributed by atoms with Gasteiger partial charge in [-0.2, -0.15) is 13.2 Å². The molecule has 0 fully saturated rings. The summed E-state index contributed by atoms with van der Waals surface area (Å²) in [4.78, 5) is 15.9. The Bertz CT molecular complexity index is 1160. The highest BCUT2D eigenvalue weighted by molar-refractivity contribution is 5.66. The first-order chi connectivity index (χ1) is 14.2. The summed E-state index contributed by atoms with van der Waals surface area (Å²) < 4.78 is 47.0. The third-order valence-corrected chi connectivity index (χ3v) is 4.68. The fourth-order valence-electron chi connectivity index (χ4n) is 3.25. The molecule has 0 N–H and O–H groups in total. The van der Waals surface area contributed by atoms with Crippen molar-refractivity contribution in [2.24, 2.45) is 0 Å². The van der Waals surface area contributed by atoms with Crippen molar-refractivity contribution in [2.75, 3.05) is 7.11 Å². The summed E-state index contributed by atoms with van der Waals surface area (Å²) in [5, 5.41) is 0. The minimum absolute atomic E-state index is 0.0377. The van der Waals surface area contributed by atoms with Gasteiger partial charge in [0.05, 0.1) is 18.7 Å². The minimum Gasteiger partial charge on any atom is -0.380 e. The number of pyridine rings is 1. The second-order valence-electron chi connectivity index (χ2n) is 6.91. The summed E-state index contributed by atoms with van der Waals surface area (Å²) >= 11 is 0. The van der Waals surface area contributed by atoms with Crippen LogP contribution in [0.5, 0.6) is 0 Å². The summed E-state index contributed by atoms with van der Waals surface area (Å²) in [6, 6.07) is 15.0. The molecule has 0 bridgehead atoms. The molecule has 7 heteroatoms. The van der Waals surface area contributed by atoms with Gasteiger partial charge < -0.3 is 9.30 Å². The maximum atomic E-state index is 13.6. The van der Waals surface area contributed by atoms with E-state index in [2.05, 4.69) is 4.85 Å². The SMILES string of the molecule is [C-]#[N+]c1c(C(F)(F)F)cc(-c2cccc(C)c2)n(Cc2ccc(COC)cc2)c1=O. The predicted molar refractivity (Wildman–Crippen MR) is 108 cm³/mol. The number of rotatable bonds is 5. The molecule has 0 aliphatic heterocycles. The van der Waals surface area contributed by atoms with Crippen LogP contribution in [-0.4, -0.2) is 11.7 Å². The van der Waals surface area contributed by atoms with Crippen LogP contribution < -0.4 is 5.56 Å². The van der Waals surface area contributed by atoms with Gasteiger partial charge in [0.1, 0.15) is 0 Å². The van der Waals surface area contributed by atoms with Crippen molar-refractivity contribution < 1.29 is 17.9 Å². The molecule has 154 valence electrons. The molecule has 0 amide bonds. The van der Waals surface area contributed by atoms with E-state index in [0.717, 1.165) is 22.8 Å². The second-order valence-corrected chi connectivity index (χ2v) is 6.91. The Hall–Kier alpha value is -3.37. The molecule has 1 aromatic heterocycles. The number of aromatic nitrogens is 1. The molecule has 0 aliphatic carbocycles. The molecule has 0 radical (unpaired) electrons. The molecule has 2 aromatic carbocycles. The maximum absolute atomic E-state index is 13.6. The number of aryl methyl sites for hydroxylation is 1. The first-order valence-corrected chi connectivity index (χ1v) is 9.11. The van der Waals surface area contributed by atoms with Crippen LogP contribution in [-0.2, 0) is 24.1 Å². The van der Waals surface area contributed by atoms with Crippen LogP contribution in [0.4, 0.5) is 18.9 Å². The Balaban J connectivity index is 2.22. The molecular formula is C23H19F3N2O2. The highest BCUT2D eigenvalue weighted by atomic mass is 19.4. The van der Waals surface area contributed by atoms with E-state index in [0.29, 0.717) is 12.2 Å². The Morgan fingerprint density at radius 1 is 1.07 bits per heavy atom. The van der Waals surface area contributed by atoms with Gasteiger partial charge in [0, 0.05) is 19.3 Å². The van der Waals surface area contributed by atoms with Crippen LogP contribution in [0.15, 0.2) is 59.4 Å². The number of halogens is 3. The smallest absolute Gasteiger partial charge is 0.380 e. The van der Waals surface area contributed by atoms with E-state index < -0.39 is 23.0 Å². The first-order valence-electron chi connectivity index (χ1n) is 9.11. The van der Waals surface area contributed by atoms with Crippen molar-refractivity contribution >= 4 is 5.69 Å². The highest BCUT2D eigenvalue weighted by Gasteiger charge is 2.36. The number of alkyl halides is 3. The lowest BCUT2D eigenvalue weighted by Gasteiger charge is -2.18. The normalized spacial score (nSPS) is 11.3. The van der Waals surface area contributed by atoms with Gasteiger partial charge in [-0.3, -0.25) is 4.79 Å². The predicted octanol–water partition coefficient (Wildman–Crippen LogP) is 5.59. The second kappa shape index (κ2) is 8.56. The molecule has 3 rings (SSSR count). The zero-order valence-corrected chi connectivity index (χ0v) is 16.5. The molecule has 30 heavy (non-hydrogen) atoms. The largest absolute Gasteiger partial charge is 0.407 e. The lowest BCUT2D eigenvalue weighted by molar-refractivity contribution is -0.136. The van der Waals surface area contributed by atoms with Gasteiger partial charge >= 0.3 is 6.18 Å². The van der Waals surface area contributed by atoms with E-state index in [1.807, 2.05) is 25.1 Å². The summed E-state index contributed by atoms with van der Waals surface area (Å²) in [7, 11) is 1.58. The van der Waals surface area contributed by atoms with Gasteiger partial charge in [-0.25, -0.2) is 4.85 Å². The fraction of sp³-hybridized carbons (Fsp3) is 0.217. The van der Waals surface area contributed by atoms with Gasteiger partial charge in [-0.05, 0) is 35.7 Å². The van der Waals surface area contributed by atoms with Gasteiger partial charge in [-0.15, -0.1) is 0 Å². The molecule has 0 saturated carbocycles. The molecule has 3 aromatic rings. The number of benzene rings is 2. The van der Waals surface area contributed by atoms with Gasteiger partial charge in [0.2, 0.25) is 0 Å². The average Bonchev–Trinajstić information content (AvgIpc) is 2.70. The van der Waals surface area contributed by atoms with Crippen molar-refractivity contribution in [2.45, 2.75) is 26.3 Å². The quantitative estimate of drug-likeness (QED) is 0.512. The Kier molecular flexibility index (Phi) is 6.09. The van der Waals surface area contributed by atoms with E-state index in [9.17, 15) is 18.0 Å². The highest BCUT2D eigenvalue weighted by Crippen LogP contribution is 2.37. The number of nitrogens with zero attached hydrogens (tertiary/aromatic N) is 2. The van der Waals surface area contributed by atoms with Crippen LogP contribution in [0.2, 0.25) is 0 Å². The van der Waals surface area contributed by atoms with Gasteiger partial charge in [-0.1, -0.05) is 48.0 Å². The van der Waals surface area contributed by atoms with E-state index in [1.165, 1.54) is 4.57 Å². The minimum atomic E-state index is -4.81. The third-order valence-electron chi connectivity index (χ3n) is 4.68. The van der Waals surface area contributed by atoms with E-state index in [4.69, 9.17) is 11.3 Å². The van der Waals surface area contributed by atoms with Crippen LogP contribution in [0.25, 0.3) is 16.1 Å². The molecule has 0 saturated heterocycles. The summed E-state index contributed by atoms with van der Waals surface area (Å²) in [6.45, 7) is 9.45. The van der Waals surface area contributed by atoms with Crippen LogP contribution >= 0.6 is 0 Å². The van der Waals surface area contributed by atoms with Gasteiger partial charge in [0.15, 0.2) is 0 Å². The number of hydrogen-bond acceptors (Lipinski definition) is 2. The fourth-order valence-corrected chi connectivity index (χ4v) is 3.25. The Morgan fingerprint density at radius 3 is 2.30 bits per heavy atom. The van der Waals surface area contributed by atoms with E-state index in [-0.39, 0.29) is 12.2 Å².